The zero-order chi connectivity index (χ0) is 19.5. The average molecular weight is 383 g/mol. The first-order valence-corrected chi connectivity index (χ1v) is 9.69. The second kappa shape index (κ2) is 7.92. The molecule has 2 aliphatic rings. The molecule has 1 aromatic carbocycles. The number of H-pyrrole nitrogens is 1. The summed E-state index contributed by atoms with van der Waals surface area (Å²) in [6, 6.07) is 7.96. The monoisotopic (exact) mass is 383 g/mol. The number of aromatic amines is 1. The summed E-state index contributed by atoms with van der Waals surface area (Å²) >= 11 is 0. The largest absolute Gasteiger partial charge is 0.495 e. The Morgan fingerprint density at radius 3 is 2.39 bits per heavy atom. The van der Waals surface area contributed by atoms with Crippen molar-refractivity contribution < 1.29 is 9.53 Å². The third-order valence-electron chi connectivity index (χ3n) is 5.41. The molecule has 2 fully saturated rings. The molecule has 1 amide bonds. The highest BCUT2D eigenvalue weighted by atomic mass is 16.5. The summed E-state index contributed by atoms with van der Waals surface area (Å²) in [7, 11) is 1.68. The topological polar surface area (TPSA) is 81.8 Å². The molecule has 0 aliphatic carbocycles. The van der Waals surface area contributed by atoms with Gasteiger partial charge in [0, 0.05) is 45.5 Å². The maximum absolute atomic E-state index is 12.5. The van der Waals surface area contributed by atoms with Crippen LogP contribution in [0.5, 0.6) is 5.75 Å². The van der Waals surface area contributed by atoms with E-state index in [9.17, 15) is 9.59 Å². The molecule has 0 saturated carbocycles. The Bertz CT molecular complexity index is 899. The van der Waals surface area contributed by atoms with Gasteiger partial charge in [0.25, 0.3) is 11.5 Å². The summed E-state index contributed by atoms with van der Waals surface area (Å²) in [4.78, 5) is 38.1. The molecule has 148 valence electrons. The van der Waals surface area contributed by atoms with Crippen LogP contribution >= 0.6 is 0 Å². The Labute approximate surface area is 163 Å². The van der Waals surface area contributed by atoms with Crippen LogP contribution in [0.25, 0.3) is 0 Å². The van der Waals surface area contributed by atoms with Crippen molar-refractivity contribution >= 4 is 17.5 Å². The molecule has 0 unspecified atom stereocenters. The first-order valence-electron chi connectivity index (χ1n) is 9.69. The van der Waals surface area contributed by atoms with E-state index < -0.39 is 0 Å². The maximum Gasteiger partial charge on any atom is 0.265 e. The van der Waals surface area contributed by atoms with Crippen LogP contribution in [-0.4, -0.2) is 67.2 Å². The summed E-state index contributed by atoms with van der Waals surface area (Å²) in [6.45, 7) is 4.45. The van der Waals surface area contributed by atoms with Crippen molar-refractivity contribution in [1.82, 2.24) is 14.9 Å². The van der Waals surface area contributed by atoms with Crippen LogP contribution in [0.4, 0.5) is 11.6 Å². The number of aromatic nitrogens is 2. The average Bonchev–Trinajstić information content (AvgIpc) is 3.28. The molecular formula is C20H25N5O3. The molecule has 2 aliphatic heterocycles. The number of amides is 1. The molecule has 8 heteroatoms. The van der Waals surface area contributed by atoms with E-state index in [0.717, 1.165) is 50.5 Å². The van der Waals surface area contributed by atoms with Gasteiger partial charge in [-0.05, 0) is 25.0 Å². The van der Waals surface area contributed by atoms with Gasteiger partial charge >= 0.3 is 0 Å². The third-order valence-corrected chi connectivity index (χ3v) is 5.41. The molecule has 2 saturated heterocycles. The van der Waals surface area contributed by atoms with Gasteiger partial charge in [-0.25, -0.2) is 4.98 Å². The maximum atomic E-state index is 12.5. The molecule has 0 bridgehead atoms. The molecule has 3 heterocycles. The zero-order valence-electron chi connectivity index (χ0n) is 16.1. The van der Waals surface area contributed by atoms with E-state index in [0.29, 0.717) is 19.0 Å². The molecule has 0 spiro atoms. The van der Waals surface area contributed by atoms with Crippen LogP contribution in [0.3, 0.4) is 0 Å². The zero-order valence-corrected chi connectivity index (χ0v) is 16.1. The third kappa shape index (κ3) is 3.54. The van der Waals surface area contributed by atoms with Crippen LogP contribution in [0, 0.1) is 0 Å². The lowest BCUT2D eigenvalue weighted by atomic mass is 10.2. The van der Waals surface area contributed by atoms with Gasteiger partial charge in [0.15, 0.2) is 0 Å². The van der Waals surface area contributed by atoms with E-state index in [1.165, 1.54) is 6.20 Å². The van der Waals surface area contributed by atoms with Gasteiger partial charge in [0.1, 0.15) is 11.3 Å². The van der Waals surface area contributed by atoms with Gasteiger partial charge in [-0.1, -0.05) is 12.1 Å². The van der Waals surface area contributed by atoms with Crippen molar-refractivity contribution in [3.63, 3.8) is 0 Å². The van der Waals surface area contributed by atoms with Crippen molar-refractivity contribution in [2.24, 2.45) is 0 Å². The number of nitrogens with zero attached hydrogens (tertiary/aromatic N) is 4. The first-order chi connectivity index (χ1) is 13.7. The summed E-state index contributed by atoms with van der Waals surface area (Å²) in [5.74, 6) is 1.15. The molecule has 0 radical (unpaired) electrons. The minimum atomic E-state index is -0.367. The van der Waals surface area contributed by atoms with E-state index in [2.05, 4.69) is 14.9 Å². The van der Waals surface area contributed by atoms with Gasteiger partial charge in [0.2, 0.25) is 5.95 Å². The predicted octanol–water partition coefficient (Wildman–Crippen LogP) is 1.34. The minimum Gasteiger partial charge on any atom is -0.495 e. The number of rotatable bonds is 4. The Kier molecular flexibility index (Phi) is 5.18. The molecule has 8 nitrogen and oxygen atoms in total. The number of para-hydroxylation sites is 2. The fourth-order valence-electron chi connectivity index (χ4n) is 3.84. The van der Waals surface area contributed by atoms with E-state index in [1.54, 1.807) is 12.0 Å². The van der Waals surface area contributed by atoms with E-state index in [-0.39, 0.29) is 17.0 Å². The highest BCUT2D eigenvalue weighted by Crippen LogP contribution is 2.28. The van der Waals surface area contributed by atoms with E-state index in [1.807, 2.05) is 29.2 Å². The number of hydrogen-bond acceptors (Lipinski definition) is 6. The van der Waals surface area contributed by atoms with Gasteiger partial charge in [0.05, 0.1) is 12.8 Å². The Balaban J connectivity index is 1.44. The second-order valence-electron chi connectivity index (χ2n) is 7.09. The number of ether oxygens (including phenoxy) is 1. The molecule has 28 heavy (non-hydrogen) atoms. The predicted molar refractivity (Wildman–Crippen MR) is 107 cm³/mol. The van der Waals surface area contributed by atoms with E-state index >= 15 is 0 Å². The number of carbonyl (C=O) groups is 1. The van der Waals surface area contributed by atoms with Crippen molar-refractivity contribution in [2.45, 2.75) is 12.8 Å². The molecule has 1 aromatic heterocycles. The number of nitrogens with one attached hydrogen (secondary N) is 1. The van der Waals surface area contributed by atoms with Crippen molar-refractivity contribution in [3.8, 4) is 5.75 Å². The normalized spacial score (nSPS) is 17.1. The number of carbonyl (C=O) groups excluding carboxylic acids is 1. The first kappa shape index (κ1) is 18.3. The van der Waals surface area contributed by atoms with E-state index in [4.69, 9.17) is 4.74 Å². The quantitative estimate of drug-likeness (QED) is 0.858. The highest BCUT2D eigenvalue weighted by Gasteiger charge is 2.24. The fourth-order valence-corrected chi connectivity index (χ4v) is 3.84. The number of anilines is 2. The second-order valence-corrected chi connectivity index (χ2v) is 7.09. The van der Waals surface area contributed by atoms with Crippen LogP contribution in [-0.2, 0) is 0 Å². The number of methoxy groups -OCH3 is 1. The summed E-state index contributed by atoms with van der Waals surface area (Å²) in [5.41, 5.74) is 0.824. The standard InChI is InChI=1S/C20H25N5O3/c1-28-17-7-3-2-6-16(17)23-10-12-25(13-11-23)20-21-14-15(18(26)22-20)19(27)24-8-4-5-9-24/h2-3,6-7,14H,4-5,8-13H2,1H3,(H,21,22,26). The summed E-state index contributed by atoms with van der Waals surface area (Å²) < 4.78 is 5.45. The summed E-state index contributed by atoms with van der Waals surface area (Å²) in [6.07, 6.45) is 3.40. The molecule has 0 atom stereocenters. The van der Waals surface area contributed by atoms with Crippen LogP contribution in [0.2, 0.25) is 0 Å². The minimum absolute atomic E-state index is 0.123. The van der Waals surface area contributed by atoms with Gasteiger partial charge in [-0.2, -0.15) is 0 Å². The lowest BCUT2D eigenvalue weighted by molar-refractivity contribution is 0.0790. The molecule has 1 N–H and O–H groups in total. The Hall–Kier alpha value is -3.03. The van der Waals surface area contributed by atoms with Gasteiger partial charge < -0.3 is 19.4 Å². The molecule has 4 rings (SSSR count). The van der Waals surface area contributed by atoms with Crippen LogP contribution in [0.1, 0.15) is 23.2 Å². The number of piperazine rings is 1. The Morgan fingerprint density at radius 2 is 1.71 bits per heavy atom. The van der Waals surface area contributed by atoms with Crippen molar-refractivity contribution in [1.29, 1.82) is 0 Å². The van der Waals surface area contributed by atoms with Crippen molar-refractivity contribution in [3.05, 3.63) is 46.4 Å². The summed E-state index contributed by atoms with van der Waals surface area (Å²) in [5, 5.41) is 0. The van der Waals surface area contributed by atoms with Crippen LogP contribution < -0.4 is 20.1 Å². The van der Waals surface area contributed by atoms with Gasteiger partial charge in [-0.3, -0.25) is 14.6 Å². The van der Waals surface area contributed by atoms with Crippen molar-refractivity contribution in [2.75, 3.05) is 56.2 Å². The lowest BCUT2D eigenvalue weighted by Crippen LogP contribution is -2.47. The Morgan fingerprint density at radius 1 is 1.04 bits per heavy atom. The SMILES string of the molecule is COc1ccccc1N1CCN(c2ncc(C(=O)N3CCCC3)c(=O)[nH]2)CC1. The van der Waals surface area contributed by atoms with Gasteiger partial charge in [-0.15, -0.1) is 0 Å². The number of likely N-dealkylation sites (tertiary alicyclic amines) is 1. The number of benzene rings is 1. The van der Waals surface area contributed by atoms with Crippen LogP contribution in [0.15, 0.2) is 35.3 Å². The molecule has 2 aromatic rings. The molecular weight excluding hydrogens is 358 g/mol. The number of hydrogen-bond donors (Lipinski definition) is 1. The fraction of sp³-hybridized carbons (Fsp3) is 0.450. The lowest BCUT2D eigenvalue weighted by Gasteiger charge is -2.36. The smallest absolute Gasteiger partial charge is 0.265 e. The highest BCUT2D eigenvalue weighted by molar-refractivity contribution is 5.93.